The molecular formula is C17H31N3O2. The van der Waals surface area contributed by atoms with Crippen molar-refractivity contribution in [2.75, 3.05) is 32.8 Å². The van der Waals surface area contributed by atoms with Gasteiger partial charge >= 0.3 is 6.03 Å². The minimum absolute atomic E-state index is 0.159. The van der Waals surface area contributed by atoms with Crippen molar-refractivity contribution in [1.29, 1.82) is 0 Å². The lowest BCUT2D eigenvalue weighted by molar-refractivity contribution is -0.0167. The van der Waals surface area contributed by atoms with E-state index in [0.29, 0.717) is 18.1 Å². The zero-order valence-corrected chi connectivity index (χ0v) is 13.9. The Morgan fingerprint density at radius 1 is 1.09 bits per heavy atom. The molecule has 3 aliphatic rings. The van der Waals surface area contributed by atoms with Crippen LogP contribution in [0.5, 0.6) is 0 Å². The van der Waals surface area contributed by atoms with Crippen LogP contribution in [-0.4, -0.2) is 66.8 Å². The molecule has 2 aliphatic heterocycles. The van der Waals surface area contributed by atoms with Gasteiger partial charge in [-0.15, -0.1) is 0 Å². The van der Waals surface area contributed by atoms with E-state index in [2.05, 4.69) is 17.1 Å². The van der Waals surface area contributed by atoms with Gasteiger partial charge in [0.1, 0.15) is 0 Å². The average molecular weight is 309 g/mol. The second-order valence-corrected chi connectivity index (χ2v) is 7.02. The molecule has 3 rings (SSSR count). The summed E-state index contributed by atoms with van der Waals surface area (Å²) in [7, 11) is 0. The highest BCUT2D eigenvalue weighted by atomic mass is 16.5. The molecule has 0 aromatic carbocycles. The Hall–Kier alpha value is -0.810. The Labute approximate surface area is 134 Å². The third-order valence-corrected chi connectivity index (χ3v) is 5.58. The van der Waals surface area contributed by atoms with Crippen LogP contribution in [0.1, 0.15) is 51.9 Å². The van der Waals surface area contributed by atoms with Crippen LogP contribution < -0.4 is 5.32 Å². The van der Waals surface area contributed by atoms with Crippen LogP contribution in [0.25, 0.3) is 0 Å². The summed E-state index contributed by atoms with van der Waals surface area (Å²) in [6, 6.07) is 1.77. The average Bonchev–Trinajstić information content (AvgIpc) is 2.52. The molecule has 1 saturated carbocycles. The number of rotatable bonds is 4. The van der Waals surface area contributed by atoms with Crippen molar-refractivity contribution in [3.8, 4) is 0 Å². The smallest absolute Gasteiger partial charge is 0.317 e. The molecule has 5 heteroatoms. The number of carbonyl (C=O) groups excluding carboxylic acids is 1. The molecule has 126 valence electrons. The molecule has 0 aromatic heterocycles. The van der Waals surface area contributed by atoms with Crippen LogP contribution in [0.2, 0.25) is 0 Å². The van der Waals surface area contributed by atoms with Crippen LogP contribution in [0.4, 0.5) is 4.79 Å². The number of urea groups is 1. The lowest BCUT2D eigenvalue weighted by Gasteiger charge is -2.48. The van der Waals surface area contributed by atoms with Gasteiger partial charge in [-0.3, -0.25) is 4.90 Å². The van der Waals surface area contributed by atoms with Gasteiger partial charge in [0, 0.05) is 44.4 Å². The van der Waals surface area contributed by atoms with Gasteiger partial charge in [0.05, 0.1) is 0 Å². The quantitative estimate of drug-likeness (QED) is 0.866. The number of likely N-dealkylation sites (N-methyl/N-ethyl adjacent to an activating group) is 1. The van der Waals surface area contributed by atoms with Crippen LogP contribution in [-0.2, 0) is 4.74 Å². The van der Waals surface area contributed by atoms with Crippen molar-refractivity contribution < 1.29 is 9.53 Å². The Morgan fingerprint density at radius 3 is 2.41 bits per heavy atom. The lowest BCUT2D eigenvalue weighted by Crippen LogP contribution is -2.65. The fourth-order valence-electron chi connectivity index (χ4n) is 4.18. The van der Waals surface area contributed by atoms with Crippen LogP contribution in [0.3, 0.4) is 0 Å². The molecule has 0 atom stereocenters. The molecule has 0 bridgehead atoms. The van der Waals surface area contributed by atoms with E-state index in [-0.39, 0.29) is 6.03 Å². The van der Waals surface area contributed by atoms with Crippen molar-refractivity contribution in [3.05, 3.63) is 0 Å². The highest BCUT2D eigenvalue weighted by molar-refractivity contribution is 5.75. The number of carbonyl (C=O) groups is 1. The Morgan fingerprint density at radius 2 is 1.77 bits per heavy atom. The Balaban J connectivity index is 1.42. The van der Waals surface area contributed by atoms with Gasteiger partial charge in [-0.2, -0.15) is 0 Å². The van der Waals surface area contributed by atoms with Crippen molar-refractivity contribution in [2.45, 2.75) is 70.0 Å². The largest absolute Gasteiger partial charge is 0.381 e. The predicted molar refractivity (Wildman–Crippen MR) is 87.0 cm³/mol. The van der Waals surface area contributed by atoms with Crippen LogP contribution in [0.15, 0.2) is 0 Å². The maximum Gasteiger partial charge on any atom is 0.317 e. The van der Waals surface area contributed by atoms with Gasteiger partial charge in [0.15, 0.2) is 0 Å². The topological polar surface area (TPSA) is 44.8 Å². The van der Waals surface area contributed by atoms with Crippen molar-refractivity contribution >= 4 is 6.03 Å². The summed E-state index contributed by atoms with van der Waals surface area (Å²) in [4.78, 5) is 16.9. The van der Waals surface area contributed by atoms with Gasteiger partial charge in [-0.25, -0.2) is 4.79 Å². The van der Waals surface area contributed by atoms with Crippen LogP contribution >= 0.6 is 0 Å². The third kappa shape index (κ3) is 3.74. The molecular weight excluding hydrogens is 278 g/mol. The number of nitrogens with one attached hydrogen (secondary N) is 1. The Bertz CT molecular complexity index is 359. The standard InChI is InChI=1S/C17H31N3O2/c1-2-20(15-8-10-22-11-9-15)16-12-19(13-16)17(21)18-14-6-4-3-5-7-14/h14-16H,2-13H2,1H3,(H,18,21). The van der Waals surface area contributed by atoms with Gasteiger partial charge < -0.3 is 15.0 Å². The zero-order valence-electron chi connectivity index (χ0n) is 13.9. The van der Waals surface area contributed by atoms with E-state index in [1.807, 2.05) is 4.90 Å². The molecule has 1 N–H and O–H groups in total. The van der Waals surface area contributed by atoms with Gasteiger partial charge in [0.2, 0.25) is 0 Å². The fraction of sp³-hybridized carbons (Fsp3) is 0.941. The van der Waals surface area contributed by atoms with E-state index < -0.39 is 0 Å². The monoisotopic (exact) mass is 309 g/mol. The minimum Gasteiger partial charge on any atom is -0.381 e. The van der Waals surface area contributed by atoms with Crippen molar-refractivity contribution in [1.82, 2.24) is 15.1 Å². The third-order valence-electron chi connectivity index (χ3n) is 5.58. The normalized spacial score (nSPS) is 25.3. The summed E-state index contributed by atoms with van der Waals surface area (Å²) in [5.74, 6) is 0. The summed E-state index contributed by atoms with van der Waals surface area (Å²) in [5.41, 5.74) is 0. The van der Waals surface area contributed by atoms with E-state index in [1.54, 1.807) is 0 Å². The summed E-state index contributed by atoms with van der Waals surface area (Å²) in [5, 5.41) is 3.23. The van der Waals surface area contributed by atoms with E-state index in [4.69, 9.17) is 4.74 Å². The molecule has 3 fully saturated rings. The summed E-state index contributed by atoms with van der Waals surface area (Å²) in [6.07, 6.45) is 8.45. The van der Waals surface area contributed by atoms with E-state index in [1.165, 1.54) is 19.3 Å². The number of likely N-dealkylation sites (tertiary alicyclic amines) is 1. The number of nitrogens with zero attached hydrogens (tertiary/aromatic N) is 2. The number of amides is 2. The van der Waals surface area contributed by atoms with Crippen molar-refractivity contribution in [2.24, 2.45) is 0 Å². The lowest BCUT2D eigenvalue weighted by atomic mass is 9.95. The molecule has 2 amide bonds. The zero-order chi connectivity index (χ0) is 15.4. The highest BCUT2D eigenvalue weighted by Crippen LogP contribution is 2.23. The summed E-state index contributed by atoms with van der Waals surface area (Å²) >= 11 is 0. The first-order chi connectivity index (χ1) is 10.8. The summed E-state index contributed by atoms with van der Waals surface area (Å²) < 4.78 is 5.47. The molecule has 5 nitrogen and oxygen atoms in total. The molecule has 22 heavy (non-hydrogen) atoms. The molecule has 0 spiro atoms. The van der Waals surface area contributed by atoms with E-state index >= 15 is 0 Å². The SMILES string of the molecule is CCN(C1CCOCC1)C1CN(C(=O)NC2CCCCC2)C1. The molecule has 0 radical (unpaired) electrons. The van der Waals surface area contributed by atoms with Crippen LogP contribution in [0, 0.1) is 0 Å². The number of ether oxygens (including phenoxy) is 1. The van der Waals surface area contributed by atoms with Gasteiger partial charge in [-0.05, 0) is 32.2 Å². The maximum atomic E-state index is 12.3. The molecule has 1 aliphatic carbocycles. The van der Waals surface area contributed by atoms with E-state index in [0.717, 1.165) is 58.5 Å². The molecule has 0 unspecified atom stereocenters. The van der Waals surface area contributed by atoms with Crippen molar-refractivity contribution in [3.63, 3.8) is 0 Å². The first kappa shape index (κ1) is 16.1. The number of hydrogen-bond acceptors (Lipinski definition) is 3. The number of hydrogen-bond donors (Lipinski definition) is 1. The molecule has 0 aromatic rings. The second kappa shape index (κ2) is 7.64. The predicted octanol–water partition coefficient (Wildman–Crippen LogP) is 2.21. The molecule has 2 saturated heterocycles. The van der Waals surface area contributed by atoms with Gasteiger partial charge in [-0.1, -0.05) is 26.2 Å². The molecule has 2 heterocycles. The maximum absolute atomic E-state index is 12.3. The highest BCUT2D eigenvalue weighted by Gasteiger charge is 2.37. The van der Waals surface area contributed by atoms with E-state index in [9.17, 15) is 4.79 Å². The Kier molecular flexibility index (Phi) is 5.58. The first-order valence-corrected chi connectivity index (χ1v) is 9.17. The fourth-order valence-corrected chi connectivity index (χ4v) is 4.18. The van der Waals surface area contributed by atoms with Gasteiger partial charge in [0.25, 0.3) is 0 Å². The minimum atomic E-state index is 0.159. The first-order valence-electron chi connectivity index (χ1n) is 9.17. The summed E-state index contributed by atoms with van der Waals surface area (Å²) in [6.45, 7) is 6.88. The second-order valence-electron chi connectivity index (χ2n) is 7.02.